The Labute approximate surface area is 130 Å². The van der Waals surface area contributed by atoms with Gasteiger partial charge in [0.1, 0.15) is 10.0 Å². The maximum absolute atomic E-state index is 12.7. The maximum atomic E-state index is 12.7. The highest BCUT2D eigenvalue weighted by molar-refractivity contribution is 7.89. The molecule has 3 unspecified atom stereocenters. The number of sulfonamides is 1. The van der Waals surface area contributed by atoms with Crippen LogP contribution in [0.25, 0.3) is 0 Å². The summed E-state index contributed by atoms with van der Waals surface area (Å²) in [4.78, 5) is 3.93. The monoisotopic (exact) mass is 336 g/mol. The van der Waals surface area contributed by atoms with Crippen LogP contribution in [-0.2, 0) is 10.0 Å². The molecule has 1 saturated heterocycles. The minimum Gasteiger partial charge on any atom is -0.242 e. The third-order valence-electron chi connectivity index (χ3n) is 3.92. The van der Waals surface area contributed by atoms with Crippen LogP contribution in [0.2, 0.25) is 10.2 Å². The van der Waals surface area contributed by atoms with Gasteiger partial charge >= 0.3 is 0 Å². The van der Waals surface area contributed by atoms with E-state index in [1.54, 1.807) is 4.31 Å². The van der Waals surface area contributed by atoms with E-state index in [0.717, 1.165) is 6.42 Å². The Morgan fingerprint density at radius 2 is 1.95 bits per heavy atom. The number of piperidine rings is 1. The molecule has 2 heterocycles. The molecule has 1 aliphatic rings. The second-order valence-corrected chi connectivity index (χ2v) is 8.23. The standard InChI is InChI=1S/C13H18Cl2N2O2S/c1-8-4-9(2)10(3)17(7-8)20(18,19)11-5-12(14)13(15)16-6-11/h5-6,8-10H,4,7H2,1-3H3. The van der Waals surface area contributed by atoms with Crippen LogP contribution in [0, 0.1) is 11.8 Å². The van der Waals surface area contributed by atoms with Crippen LogP contribution in [-0.4, -0.2) is 30.3 Å². The Hall–Kier alpha value is -0.360. The van der Waals surface area contributed by atoms with Crippen molar-refractivity contribution in [3.8, 4) is 0 Å². The number of hydrogen-bond donors (Lipinski definition) is 0. The molecule has 0 radical (unpaired) electrons. The van der Waals surface area contributed by atoms with Gasteiger partial charge in [0.2, 0.25) is 10.0 Å². The highest BCUT2D eigenvalue weighted by Crippen LogP contribution is 2.32. The SMILES string of the molecule is CC1CC(C)C(C)N(S(=O)(=O)c2cnc(Cl)c(Cl)c2)C1. The average molecular weight is 337 g/mol. The fourth-order valence-corrected chi connectivity index (χ4v) is 4.81. The number of halogens is 2. The fraction of sp³-hybridized carbons (Fsp3) is 0.615. The second kappa shape index (κ2) is 5.79. The van der Waals surface area contributed by atoms with Crippen molar-refractivity contribution in [2.75, 3.05) is 6.54 Å². The lowest BCUT2D eigenvalue weighted by atomic mass is 9.88. The van der Waals surface area contributed by atoms with Gasteiger partial charge < -0.3 is 0 Å². The van der Waals surface area contributed by atoms with Crippen LogP contribution >= 0.6 is 23.2 Å². The van der Waals surface area contributed by atoms with Gasteiger partial charge in [-0.05, 0) is 31.2 Å². The molecule has 0 aliphatic carbocycles. The zero-order chi connectivity index (χ0) is 15.1. The molecule has 0 amide bonds. The molecule has 3 atom stereocenters. The molecular weight excluding hydrogens is 319 g/mol. The van der Waals surface area contributed by atoms with E-state index in [4.69, 9.17) is 23.2 Å². The zero-order valence-electron chi connectivity index (χ0n) is 11.7. The number of aromatic nitrogens is 1. The molecule has 1 aromatic rings. The molecule has 0 aromatic carbocycles. The van der Waals surface area contributed by atoms with Crippen LogP contribution < -0.4 is 0 Å². The Balaban J connectivity index is 2.40. The Morgan fingerprint density at radius 3 is 2.55 bits per heavy atom. The van der Waals surface area contributed by atoms with Gasteiger partial charge in [-0.1, -0.05) is 37.0 Å². The van der Waals surface area contributed by atoms with Crippen LogP contribution in [0.4, 0.5) is 0 Å². The predicted molar refractivity (Wildman–Crippen MR) is 80.6 cm³/mol. The van der Waals surface area contributed by atoms with Crippen LogP contribution in [0.3, 0.4) is 0 Å². The largest absolute Gasteiger partial charge is 0.244 e. The van der Waals surface area contributed by atoms with Gasteiger partial charge in [0.25, 0.3) is 0 Å². The van der Waals surface area contributed by atoms with Crippen LogP contribution in [0.15, 0.2) is 17.2 Å². The van der Waals surface area contributed by atoms with E-state index in [1.165, 1.54) is 12.3 Å². The molecular formula is C13H18Cl2N2O2S. The van der Waals surface area contributed by atoms with Crippen molar-refractivity contribution in [3.63, 3.8) is 0 Å². The summed E-state index contributed by atoms with van der Waals surface area (Å²) in [6, 6.07) is 1.33. The summed E-state index contributed by atoms with van der Waals surface area (Å²) in [5, 5.41) is 0.262. The zero-order valence-corrected chi connectivity index (χ0v) is 14.0. The van der Waals surface area contributed by atoms with E-state index in [9.17, 15) is 8.42 Å². The number of pyridine rings is 1. The Kier molecular flexibility index (Phi) is 4.64. The first-order valence-corrected chi connectivity index (χ1v) is 8.76. The summed E-state index contributed by atoms with van der Waals surface area (Å²) in [5.41, 5.74) is 0. The first-order valence-electron chi connectivity index (χ1n) is 6.56. The molecule has 0 saturated carbocycles. The van der Waals surface area contributed by atoms with E-state index in [2.05, 4.69) is 18.8 Å². The smallest absolute Gasteiger partial charge is 0.242 e. The Bertz CT molecular complexity index is 606. The molecule has 112 valence electrons. The van der Waals surface area contributed by atoms with Crippen LogP contribution in [0.5, 0.6) is 0 Å². The molecule has 0 N–H and O–H groups in total. The number of nitrogens with zero attached hydrogens (tertiary/aromatic N) is 2. The Morgan fingerprint density at radius 1 is 1.30 bits per heavy atom. The van der Waals surface area contributed by atoms with Gasteiger partial charge in [-0.25, -0.2) is 13.4 Å². The summed E-state index contributed by atoms with van der Waals surface area (Å²) in [5.74, 6) is 0.663. The lowest BCUT2D eigenvalue weighted by Gasteiger charge is -2.39. The molecule has 1 aliphatic heterocycles. The summed E-state index contributed by atoms with van der Waals surface area (Å²) < 4.78 is 27.0. The number of hydrogen-bond acceptors (Lipinski definition) is 3. The molecule has 20 heavy (non-hydrogen) atoms. The molecule has 0 bridgehead atoms. The molecule has 0 spiro atoms. The van der Waals surface area contributed by atoms with Gasteiger partial charge in [0.05, 0.1) is 5.02 Å². The van der Waals surface area contributed by atoms with E-state index in [-0.39, 0.29) is 21.1 Å². The molecule has 4 nitrogen and oxygen atoms in total. The van der Waals surface area contributed by atoms with Gasteiger partial charge in [-0.2, -0.15) is 4.31 Å². The van der Waals surface area contributed by atoms with Gasteiger partial charge in [-0.15, -0.1) is 0 Å². The average Bonchev–Trinajstić information content (AvgIpc) is 2.36. The molecule has 2 rings (SSSR count). The fourth-order valence-electron chi connectivity index (χ4n) is 2.66. The first-order chi connectivity index (χ1) is 9.23. The van der Waals surface area contributed by atoms with Crippen molar-refractivity contribution in [1.82, 2.24) is 9.29 Å². The van der Waals surface area contributed by atoms with E-state index < -0.39 is 10.0 Å². The first kappa shape index (κ1) is 16.0. The predicted octanol–water partition coefficient (Wildman–Crippen LogP) is 3.44. The summed E-state index contributed by atoms with van der Waals surface area (Å²) in [6.45, 7) is 6.61. The van der Waals surface area contributed by atoms with Gasteiger partial charge in [0.15, 0.2) is 0 Å². The lowest BCUT2D eigenvalue weighted by Crippen LogP contribution is -2.48. The van der Waals surface area contributed by atoms with Gasteiger partial charge in [-0.3, -0.25) is 0 Å². The van der Waals surface area contributed by atoms with Gasteiger partial charge in [0, 0.05) is 18.8 Å². The maximum Gasteiger partial charge on any atom is 0.244 e. The minimum absolute atomic E-state index is 0.0364. The van der Waals surface area contributed by atoms with Crippen molar-refractivity contribution >= 4 is 33.2 Å². The highest BCUT2D eigenvalue weighted by atomic mass is 35.5. The summed E-state index contributed by atoms with van der Waals surface area (Å²) in [7, 11) is -3.59. The summed E-state index contributed by atoms with van der Waals surface area (Å²) in [6.07, 6.45) is 2.30. The van der Waals surface area contributed by atoms with Crippen molar-refractivity contribution in [3.05, 3.63) is 22.4 Å². The van der Waals surface area contributed by atoms with E-state index in [1.807, 2.05) is 6.92 Å². The van der Waals surface area contributed by atoms with Crippen molar-refractivity contribution in [1.29, 1.82) is 0 Å². The minimum atomic E-state index is -3.59. The van der Waals surface area contributed by atoms with Crippen molar-refractivity contribution in [2.24, 2.45) is 11.8 Å². The highest BCUT2D eigenvalue weighted by Gasteiger charge is 2.37. The van der Waals surface area contributed by atoms with Crippen LogP contribution in [0.1, 0.15) is 27.2 Å². The molecule has 7 heteroatoms. The second-order valence-electron chi connectivity index (χ2n) is 5.58. The topological polar surface area (TPSA) is 50.3 Å². The molecule has 1 aromatic heterocycles. The molecule has 1 fully saturated rings. The summed E-state index contributed by atoms with van der Waals surface area (Å²) >= 11 is 11.6. The van der Waals surface area contributed by atoms with E-state index >= 15 is 0 Å². The quantitative estimate of drug-likeness (QED) is 0.777. The van der Waals surface area contributed by atoms with Crippen molar-refractivity contribution in [2.45, 2.75) is 38.1 Å². The normalized spacial score (nSPS) is 28.6. The van der Waals surface area contributed by atoms with Crippen molar-refractivity contribution < 1.29 is 8.42 Å². The lowest BCUT2D eigenvalue weighted by molar-refractivity contribution is 0.157. The third kappa shape index (κ3) is 2.96. The third-order valence-corrected chi connectivity index (χ3v) is 6.53. The van der Waals surface area contributed by atoms with E-state index in [0.29, 0.717) is 18.4 Å². The number of rotatable bonds is 2.